The molecule has 2 N–H and O–H groups in total. The maximum atomic E-state index is 12.9. The molecule has 1 aliphatic heterocycles. The molecule has 1 heterocycles. The monoisotopic (exact) mass is 472 g/mol. The van der Waals surface area contributed by atoms with E-state index < -0.39 is 52.3 Å². The number of nitro groups is 1. The molecule has 0 aromatic heterocycles. The third kappa shape index (κ3) is 6.33. The zero-order valence-electron chi connectivity index (χ0n) is 17.7. The molecule has 1 saturated heterocycles. The van der Waals surface area contributed by atoms with E-state index in [1.165, 1.54) is 6.92 Å². The molecule has 3 rings (SSSR count). The average molecular weight is 472 g/mol. The van der Waals surface area contributed by atoms with Crippen molar-refractivity contribution in [3.8, 4) is 0 Å². The van der Waals surface area contributed by atoms with Crippen molar-refractivity contribution in [3.05, 3.63) is 33.9 Å². The van der Waals surface area contributed by atoms with Gasteiger partial charge in [-0.15, -0.1) is 0 Å². The van der Waals surface area contributed by atoms with Gasteiger partial charge in [-0.1, -0.05) is 0 Å². The number of alkyl halides is 3. The van der Waals surface area contributed by atoms with Gasteiger partial charge < -0.3 is 15.0 Å². The number of hydrogen-bond acceptors (Lipinski definition) is 7. The number of piperidine rings is 1. The van der Waals surface area contributed by atoms with E-state index in [1.807, 2.05) is 0 Å². The smallest absolute Gasteiger partial charge is 0.416 e. The fourth-order valence-electron chi connectivity index (χ4n) is 3.46. The first kappa shape index (κ1) is 24.3. The van der Waals surface area contributed by atoms with Crippen molar-refractivity contribution in [2.75, 3.05) is 18.0 Å². The number of anilines is 1. The van der Waals surface area contributed by atoms with Gasteiger partial charge in [0, 0.05) is 25.2 Å². The number of halogens is 3. The molecule has 3 amide bonds. The van der Waals surface area contributed by atoms with Gasteiger partial charge in [0.1, 0.15) is 5.69 Å². The molecule has 0 spiro atoms. The summed E-state index contributed by atoms with van der Waals surface area (Å²) in [6, 6.07) is 1.73. The van der Waals surface area contributed by atoms with Gasteiger partial charge in [-0.05, 0) is 44.7 Å². The molecule has 33 heavy (non-hydrogen) atoms. The van der Waals surface area contributed by atoms with Crippen molar-refractivity contribution in [2.45, 2.75) is 50.9 Å². The molecule has 0 radical (unpaired) electrons. The minimum Gasteiger partial charge on any atom is -0.452 e. The molecule has 1 aromatic rings. The van der Waals surface area contributed by atoms with Gasteiger partial charge in [-0.25, -0.2) is 4.79 Å². The first-order chi connectivity index (χ1) is 15.5. The molecule has 10 nitrogen and oxygen atoms in total. The van der Waals surface area contributed by atoms with Crippen molar-refractivity contribution in [3.63, 3.8) is 0 Å². The van der Waals surface area contributed by atoms with Crippen molar-refractivity contribution >= 4 is 29.3 Å². The van der Waals surface area contributed by atoms with Crippen LogP contribution in [0.4, 0.5) is 29.3 Å². The highest BCUT2D eigenvalue weighted by Crippen LogP contribution is 2.37. The first-order valence-corrected chi connectivity index (χ1v) is 10.4. The van der Waals surface area contributed by atoms with Crippen LogP contribution in [-0.4, -0.2) is 48.1 Å². The molecule has 2 aliphatic rings. The average Bonchev–Trinajstić information content (AvgIpc) is 3.56. The molecule has 1 saturated carbocycles. The van der Waals surface area contributed by atoms with Gasteiger partial charge >= 0.3 is 18.2 Å². The van der Waals surface area contributed by atoms with Crippen LogP contribution < -0.4 is 15.5 Å². The van der Waals surface area contributed by atoms with E-state index in [0.29, 0.717) is 6.07 Å². The molecular weight excluding hydrogens is 449 g/mol. The number of nitrogens with one attached hydrogen (secondary N) is 2. The van der Waals surface area contributed by atoms with Crippen LogP contribution in [0, 0.1) is 16.0 Å². The Morgan fingerprint density at radius 1 is 1.18 bits per heavy atom. The molecule has 1 atom stereocenters. The largest absolute Gasteiger partial charge is 0.452 e. The lowest BCUT2D eigenvalue weighted by Gasteiger charge is -2.32. The highest BCUT2D eigenvalue weighted by molar-refractivity contribution is 5.97. The summed E-state index contributed by atoms with van der Waals surface area (Å²) >= 11 is 0. The summed E-state index contributed by atoms with van der Waals surface area (Å²) in [5.41, 5.74) is -1.75. The van der Waals surface area contributed by atoms with Crippen LogP contribution in [-0.2, 0) is 20.5 Å². The Hall–Kier alpha value is -3.38. The highest BCUT2D eigenvalue weighted by Gasteiger charge is 2.35. The Bertz CT molecular complexity index is 942. The van der Waals surface area contributed by atoms with Gasteiger partial charge in [0.15, 0.2) is 6.10 Å². The summed E-state index contributed by atoms with van der Waals surface area (Å²) in [4.78, 5) is 48.0. The number of nitro benzene ring substituents is 1. The van der Waals surface area contributed by atoms with Crippen molar-refractivity contribution < 1.29 is 37.2 Å². The summed E-state index contributed by atoms with van der Waals surface area (Å²) in [6.07, 6.45) is -3.75. The molecule has 1 unspecified atom stereocenters. The lowest BCUT2D eigenvalue weighted by Crippen LogP contribution is -2.46. The SMILES string of the molecule is CC(OC(=O)C1CCN(c2ccc(C(F)(F)F)cc2[N+](=O)[O-])CC1)C(=O)NC(=O)NC1CC1. The lowest BCUT2D eigenvalue weighted by molar-refractivity contribution is -0.384. The van der Waals surface area contributed by atoms with E-state index in [0.717, 1.165) is 25.0 Å². The van der Waals surface area contributed by atoms with Crippen LogP contribution in [0.3, 0.4) is 0 Å². The zero-order chi connectivity index (χ0) is 24.3. The van der Waals surface area contributed by atoms with E-state index >= 15 is 0 Å². The number of ether oxygens (including phenoxy) is 1. The van der Waals surface area contributed by atoms with Crippen LogP contribution >= 0.6 is 0 Å². The minimum atomic E-state index is -4.71. The molecular formula is C20H23F3N4O6. The normalized spacial score (nSPS) is 17.8. The summed E-state index contributed by atoms with van der Waals surface area (Å²) in [6.45, 7) is 1.69. The van der Waals surface area contributed by atoms with E-state index in [-0.39, 0.29) is 37.7 Å². The van der Waals surface area contributed by atoms with Gasteiger partial charge in [0.05, 0.1) is 16.4 Å². The van der Waals surface area contributed by atoms with Crippen molar-refractivity contribution in [1.29, 1.82) is 0 Å². The number of carbonyl (C=O) groups excluding carboxylic acids is 3. The topological polar surface area (TPSA) is 131 Å². The Morgan fingerprint density at radius 2 is 1.82 bits per heavy atom. The van der Waals surface area contributed by atoms with Crippen molar-refractivity contribution in [1.82, 2.24) is 10.6 Å². The lowest BCUT2D eigenvalue weighted by atomic mass is 9.96. The van der Waals surface area contributed by atoms with E-state index in [4.69, 9.17) is 4.74 Å². The molecule has 0 bridgehead atoms. The van der Waals surface area contributed by atoms with E-state index in [9.17, 15) is 37.7 Å². The molecule has 2 fully saturated rings. The standard InChI is InChI=1S/C20H23F3N4O6/c1-11(17(28)25-19(30)24-14-3-4-14)33-18(29)12-6-8-26(9-7-12)15-5-2-13(20(21,22)23)10-16(15)27(31)32/h2,5,10-12,14H,3-4,6-9H2,1H3,(H2,24,25,28,30). The maximum absolute atomic E-state index is 12.9. The molecule has 13 heteroatoms. The quantitative estimate of drug-likeness (QED) is 0.370. The number of hydrogen-bond donors (Lipinski definition) is 2. The number of urea groups is 1. The Labute approximate surface area is 186 Å². The number of nitrogens with zero attached hydrogens (tertiary/aromatic N) is 2. The fourth-order valence-corrected chi connectivity index (χ4v) is 3.46. The number of carbonyl (C=O) groups is 3. The molecule has 1 aliphatic carbocycles. The second-order valence-corrected chi connectivity index (χ2v) is 8.04. The Kier molecular flexibility index (Phi) is 7.08. The maximum Gasteiger partial charge on any atom is 0.416 e. The van der Waals surface area contributed by atoms with Gasteiger partial charge in [0.25, 0.3) is 11.6 Å². The highest BCUT2D eigenvalue weighted by atomic mass is 19.4. The second-order valence-electron chi connectivity index (χ2n) is 8.04. The summed E-state index contributed by atoms with van der Waals surface area (Å²) in [7, 11) is 0. The third-order valence-electron chi connectivity index (χ3n) is 5.48. The Balaban J connectivity index is 1.54. The summed E-state index contributed by atoms with van der Waals surface area (Å²) < 4.78 is 43.8. The van der Waals surface area contributed by atoms with Crippen LogP contribution in [0.5, 0.6) is 0 Å². The van der Waals surface area contributed by atoms with Gasteiger partial charge in [-0.2, -0.15) is 13.2 Å². The van der Waals surface area contributed by atoms with Crippen LogP contribution in [0.2, 0.25) is 0 Å². The zero-order valence-corrected chi connectivity index (χ0v) is 17.7. The number of amides is 3. The van der Waals surface area contributed by atoms with E-state index in [1.54, 1.807) is 4.90 Å². The number of esters is 1. The van der Waals surface area contributed by atoms with Crippen LogP contribution in [0.1, 0.15) is 38.2 Å². The fraction of sp³-hybridized carbons (Fsp3) is 0.550. The number of benzene rings is 1. The summed E-state index contributed by atoms with van der Waals surface area (Å²) in [5, 5.41) is 16.0. The van der Waals surface area contributed by atoms with Crippen LogP contribution in [0.15, 0.2) is 18.2 Å². The number of imide groups is 1. The van der Waals surface area contributed by atoms with Gasteiger partial charge in [0.2, 0.25) is 0 Å². The van der Waals surface area contributed by atoms with Crippen LogP contribution in [0.25, 0.3) is 0 Å². The second kappa shape index (κ2) is 9.63. The predicted molar refractivity (Wildman–Crippen MR) is 108 cm³/mol. The van der Waals surface area contributed by atoms with Gasteiger partial charge in [-0.3, -0.25) is 25.0 Å². The number of rotatable bonds is 6. The Morgan fingerprint density at radius 3 is 2.36 bits per heavy atom. The third-order valence-corrected chi connectivity index (χ3v) is 5.48. The molecule has 180 valence electrons. The minimum absolute atomic E-state index is 0.0363. The van der Waals surface area contributed by atoms with Crippen molar-refractivity contribution in [2.24, 2.45) is 5.92 Å². The summed E-state index contributed by atoms with van der Waals surface area (Å²) in [5.74, 6) is -2.01. The first-order valence-electron chi connectivity index (χ1n) is 10.4. The predicted octanol–water partition coefficient (Wildman–Crippen LogP) is 2.75. The van der Waals surface area contributed by atoms with E-state index in [2.05, 4.69) is 10.6 Å². The molecule has 1 aromatic carbocycles.